The molecule has 0 amide bonds. The largest absolute Gasteiger partial charge is 0.323 e. The van der Waals surface area contributed by atoms with Gasteiger partial charge in [0.2, 0.25) is 0 Å². The van der Waals surface area contributed by atoms with Crippen LogP contribution in [0.4, 0.5) is 0 Å². The number of halogens is 2. The van der Waals surface area contributed by atoms with Crippen LogP contribution in [0.1, 0.15) is 5.56 Å². The third-order valence-electron chi connectivity index (χ3n) is 3.03. The van der Waals surface area contributed by atoms with Gasteiger partial charge in [-0.2, -0.15) is 0 Å². The van der Waals surface area contributed by atoms with Crippen molar-refractivity contribution in [3.05, 3.63) is 65.4 Å². The number of aryl methyl sites for hydroxylation is 1. The van der Waals surface area contributed by atoms with Crippen molar-refractivity contribution in [1.82, 2.24) is 4.40 Å². The highest BCUT2D eigenvalue weighted by Crippen LogP contribution is 2.29. The van der Waals surface area contributed by atoms with Gasteiger partial charge in [-0.1, -0.05) is 35.9 Å². The van der Waals surface area contributed by atoms with Gasteiger partial charge in [-0.15, -0.1) is 17.0 Å². The Hall–Kier alpha value is -1.25. The van der Waals surface area contributed by atoms with Crippen molar-refractivity contribution in [3.63, 3.8) is 0 Å². The predicted molar refractivity (Wildman–Crippen MR) is 82.9 cm³/mol. The summed E-state index contributed by atoms with van der Waals surface area (Å²) in [6.07, 6.45) is 4.17. The second-order valence-corrected chi connectivity index (χ2v) is 4.60. The molecule has 2 aromatic heterocycles. The SMILES string of the molecule is Br.Cc1cccn2cc(-c3ccccc3Cl)cc12. The van der Waals surface area contributed by atoms with Gasteiger partial charge >= 0.3 is 0 Å². The highest BCUT2D eigenvalue weighted by molar-refractivity contribution is 8.93. The van der Waals surface area contributed by atoms with Gasteiger partial charge in [0.15, 0.2) is 0 Å². The molecule has 0 fully saturated rings. The third-order valence-corrected chi connectivity index (χ3v) is 3.36. The van der Waals surface area contributed by atoms with Crippen LogP contribution in [0.15, 0.2) is 54.9 Å². The minimum absolute atomic E-state index is 0. The molecule has 1 aromatic carbocycles. The van der Waals surface area contributed by atoms with Crippen molar-refractivity contribution in [2.75, 3.05) is 0 Å². The van der Waals surface area contributed by atoms with Gasteiger partial charge < -0.3 is 4.40 Å². The third kappa shape index (κ3) is 2.18. The van der Waals surface area contributed by atoms with E-state index in [2.05, 4.69) is 41.9 Å². The van der Waals surface area contributed by atoms with Crippen LogP contribution in [0.25, 0.3) is 16.6 Å². The van der Waals surface area contributed by atoms with Crippen LogP contribution < -0.4 is 0 Å². The molecule has 3 aromatic rings. The number of hydrogen-bond acceptors (Lipinski definition) is 0. The van der Waals surface area contributed by atoms with Crippen molar-refractivity contribution in [2.45, 2.75) is 6.92 Å². The molecule has 0 bridgehead atoms. The van der Waals surface area contributed by atoms with E-state index in [-0.39, 0.29) is 17.0 Å². The molecule has 0 N–H and O–H groups in total. The molecule has 0 radical (unpaired) electrons. The lowest BCUT2D eigenvalue weighted by Crippen LogP contribution is -1.82. The Balaban J connectivity index is 0.00000120. The van der Waals surface area contributed by atoms with E-state index in [1.165, 1.54) is 11.1 Å². The standard InChI is InChI=1S/C15H12ClN.BrH/c1-11-5-4-8-17-10-12(9-15(11)17)13-6-2-3-7-14(13)16;/h2-10H,1H3;1H. The fraction of sp³-hybridized carbons (Fsp3) is 0.0667. The molecule has 0 saturated heterocycles. The number of pyridine rings is 1. The Morgan fingerprint density at radius 2 is 1.83 bits per heavy atom. The molecule has 0 aliphatic heterocycles. The van der Waals surface area contributed by atoms with E-state index in [0.717, 1.165) is 16.1 Å². The van der Waals surface area contributed by atoms with Crippen LogP contribution in [-0.4, -0.2) is 4.40 Å². The fourth-order valence-electron chi connectivity index (χ4n) is 2.13. The maximum absolute atomic E-state index is 6.22. The van der Waals surface area contributed by atoms with Crippen LogP contribution >= 0.6 is 28.6 Å². The van der Waals surface area contributed by atoms with Crippen molar-refractivity contribution in [2.24, 2.45) is 0 Å². The maximum Gasteiger partial charge on any atom is 0.0485 e. The minimum atomic E-state index is 0. The number of hydrogen-bond donors (Lipinski definition) is 0. The van der Waals surface area contributed by atoms with Crippen LogP contribution in [-0.2, 0) is 0 Å². The number of rotatable bonds is 1. The average Bonchev–Trinajstić information content (AvgIpc) is 2.75. The van der Waals surface area contributed by atoms with Gasteiger partial charge in [-0.25, -0.2) is 0 Å². The van der Waals surface area contributed by atoms with Crippen molar-refractivity contribution >= 4 is 34.1 Å². The Morgan fingerprint density at radius 3 is 2.56 bits per heavy atom. The van der Waals surface area contributed by atoms with E-state index in [4.69, 9.17) is 11.6 Å². The molecule has 0 aliphatic carbocycles. The smallest absolute Gasteiger partial charge is 0.0485 e. The number of nitrogens with zero attached hydrogens (tertiary/aromatic N) is 1. The first-order chi connectivity index (χ1) is 8.25. The van der Waals surface area contributed by atoms with Crippen LogP contribution in [0.5, 0.6) is 0 Å². The van der Waals surface area contributed by atoms with E-state index in [1.54, 1.807) is 0 Å². The van der Waals surface area contributed by atoms with Crippen molar-refractivity contribution < 1.29 is 0 Å². The monoisotopic (exact) mass is 321 g/mol. The number of fused-ring (bicyclic) bond motifs is 1. The number of benzene rings is 1. The van der Waals surface area contributed by atoms with Gasteiger partial charge in [0.25, 0.3) is 0 Å². The summed E-state index contributed by atoms with van der Waals surface area (Å²) in [5.74, 6) is 0. The second kappa shape index (κ2) is 5.17. The quantitative estimate of drug-likeness (QED) is 0.584. The molecule has 92 valence electrons. The van der Waals surface area contributed by atoms with Crippen LogP contribution in [0, 0.1) is 6.92 Å². The summed E-state index contributed by atoms with van der Waals surface area (Å²) >= 11 is 6.22. The zero-order valence-electron chi connectivity index (χ0n) is 9.93. The fourth-order valence-corrected chi connectivity index (χ4v) is 2.37. The average molecular weight is 323 g/mol. The summed E-state index contributed by atoms with van der Waals surface area (Å²) in [5, 5.41) is 0.793. The lowest BCUT2D eigenvalue weighted by molar-refractivity contribution is 1.18. The van der Waals surface area contributed by atoms with Gasteiger partial charge in [0.05, 0.1) is 0 Å². The summed E-state index contributed by atoms with van der Waals surface area (Å²) in [7, 11) is 0. The maximum atomic E-state index is 6.22. The van der Waals surface area contributed by atoms with Crippen LogP contribution in [0.2, 0.25) is 5.02 Å². The molecule has 0 aliphatic rings. The predicted octanol–water partition coefficient (Wildman–Crippen LogP) is 5.15. The molecule has 3 rings (SSSR count). The second-order valence-electron chi connectivity index (χ2n) is 4.19. The Kier molecular flexibility index (Phi) is 3.79. The highest BCUT2D eigenvalue weighted by atomic mass is 79.9. The van der Waals surface area contributed by atoms with Gasteiger partial charge in [0, 0.05) is 34.1 Å². The number of aromatic nitrogens is 1. The molecule has 0 unspecified atom stereocenters. The molecular weight excluding hydrogens is 310 g/mol. The summed E-state index contributed by atoms with van der Waals surface area (Å²) in [6.45, 7) is 2.12. The molecule has 3 heteroatoms. The zero-order valence-corrected chi connectivity index (χ0v) is 12.4. The summed E-state index contributed by atoms with van der Waals surface area (Å²) in [4.78, 5) is 0. The van der Waals surface area contributed by atoms with Gasteiger partial charge in [-0.05, 0) is 30.7 Å². The lowest BCUT2D eigenvalue weighted by atomic mass is 10.1. The zero-order chi connectivity index (χ0) is 11.8. The normalized spacial score (nSPS) is 10.3. The first-order valence-corrected chi connectivity index (χ1v) is 5.96. The summed E-state index contributed by atoms with van der Waals surface area (Å²) in [5.41, 5.74) is 4.73. The molecule has 0 saturated carbocycles. The molecule has 0 atom stereocenters. The van der Waals surface area contributed by atoms with E-state index in [9.17, 15) is 0 Å². The molecule has 18 heavy (non-hydrogen) atoms. The van der Waals surface area contributed by atoms with E-state index >= 15 is 0 Å². The van der Waals surface area contributed by atoms with E-state index in [0.29, 0.717) is 0 Å². The Morgan fingerprint density at radius 1 is 1.06 bits per heavy atom. The molecule has 1 nitrogen and oxygen atoms in total. The topological polar surface area (TPSA) is 4.41 Å². The Bertz CT molecular complexity index is 688. The van der Waals surface area contributed by atoms with Crippen LogP contribution in [0.3, 0.4) is 0 Å². The van der Waals surface area contributed by atoms with Gasteiger partial charge in [0.1, 0.15) is 0 Å². The summed E-state index contributed by atoms with van der Waals surface area (Å²) in [6, 6.07) is 14.3. The van der Waals surface area contributed by atoms with Crippen molar-refractivity contribution in [3.8, 4) is 11.1 Å². The summed E-state index contributed by atoms with van der Waals surface area (Å²) < 4.78 is 2.13. The van der Waals surface area contributed by atoms with Gasteiger partial charge in [-0.3, -0.25) is 0 Å². The molecule has 2 heterocycles. The lowest BCUT2D eigenvalue weighted by Gasteiger charge is -1.99. The Labute approximate surface area is 122 Å². The first-order valence-electron chi connectivity index (χ1n) is 5.58. The van der Waals surface area contributed by atoms with Crippen molar-refractivity contribution in [1.29, 1.82) is 0 Å². The van der Waals surface area contributed by atoms with E-state index < -0.39 is 0 Å². The van der Waals surface area contributed by atoms with E-state index in [1.807, 2.05) is 24.3 Å². The molecular formula is C15H13BrClN. The first kappa shape index (κ1) is 13.2. The highest BCUT2D eigenvalue weighted by Gasteiger charge is 2.06. The minimum Gasteiger partial charge on any atom is -0.323 e. The molecule has 0 spiro atoms.